The van der Waals surface area contributed by atoms with Crippen molar-refractivity contribution in [3.8, 4) is 17.1 Å². The maximum absolute atomic E-state index is 12.3. The second-order valence-electron chi connectivity index (χ2n) is 8.00. The maximum Gasteiger partial charge on any atom is 0.410 e. The maximum atomic E-state index is 12.3. The van der Waals surface area contributed by atoms with Crippen LogP contribution < -0.4 is 4.74 Å². The van der Waals surface area contributed by atoms with Crippen molar-refractivity contribution in [2.24, 2.45) is 5.92 Å². The first-order chi connectivity index (χ1) is 16.1. The average molecular weight is 484 g/mol. The van der Waals surface area contributed by atoms with E-state index < -0.39 is 10.8 Å². The van der Waals surface area contributed by atoms with Crippen molar-refractivity contribution in [2.75, 3.05) is 26.0 Å². The van der Waals surface area contributed by atoms with Crippen molar-refractivity contribution in [3.05, 3.63) is 72.6 Å². The molecule has 1 fully saturated rings. The topological polar surface area (TPSA) is 113 Å². The smallest absolute Gasteiger partial charge is 0.410 e. The van der Waals surface area contributed by atoms with Gasteiger partial charge in [0.05, 0.1) is 24.7 Å². The van der Waals surface area contributed by atoms with Crippen molar-refractivity contribution in [3.63, 3.8) is 0 Å². The van der Waals surface area contributed by atoms with Gasteiger partial charge in [0.1, 0.15) is 6.61 Å². The molecule has 1 saturated heterocycles. The molecule has 1 aliphatic heterocycles. The number of ether oxygens (including phenoxy) is 2. The summed E-state index contributed by atoms with van der Waals surface area (Å²) in [5.41, 5.74) is 2.63. The molecule has 1 aliphatic rings. The van der Waals surface area contributed by atoms with Gasteiger partial charge in [-0.25, -0.2) is 14.8 Å². The van der Waals surface area contributed by atoms with Gasteiger partial charge in [0.2, 0.25) is 5.88 Å². The summed E-state index contributed by atoms with van der Waals surface area (Å²) in [6, 6.07) is 17.1. The van der Waals surface area contributed by atoms with E-state index in [4.69, 9.17) is 9.47 Å². The largest absolute Gasteiger partial charge is 0.476 e. The number of hydrogen-bond donors (Lipinski definition) is 0. The summed E-state index contributed by atoms with van der Waals surface area (Å²) in [7, 11) is -1.00. The average Bonchev–Trinajstić information content (AvgIpc) is 2.87. The molecule has 0 aliphatic carbocycles. The molecule has 2 N–H and O–H groups in total. The summed E-state index contributed by atoms with van der Waals surface area (Å²) in [6.45, 7) is 2.15. The van der Waals surface area contributed by atoms with Crippen LogP contribution in [-0.2, 0) is 22.1 Å². The molecule has 8 nitrogen and oxygen atoms in total. The molecule has 9 heteroatoms. The molecule has 34 heavy (non-hydrogen) atoms. The fourth-order valence-corrected chi connectivity index (χ4v) is 4.17. The van der Waals surface area contributed by atoms with E-state index in [-0.39, 0.29) is 11.6 Å². The number of carbonyl (C=O) groups excluding carboxylic acids is 1. The zero-order valence-corrected chi connectivity index (χ0v) is 19.9. The number of hydrogen-bond acceptors (Lipinski definition) is 6. The monoisotopic (exact) mass is 483 g/mol. The van der Waals surface area contributed by atoms with Crippen LogP contribution >= 0.6 is 0 Å². The Morgan fingerprint density at radius 1 is 1.03 bits per heavy atom. The Hall–Kier alpha value is -3.30. The van der Waals surface area contributed by atoms with Gasteiger partial charge in [-0.05, 0) is 36.5 Å². The second kappa shape index (κ2) is 12.2. The predicted octanol–water partition coefficient (Wildman–Crippen LogP) is 3.48. The lowest BCUT2D eigenvalue weighted by Crippen LogP contribution is -2.40. The van der Waals surface area contributed by atoms with Gasteiger partial charge < -0.3 is 19.8 Å². The van der Waals surface area contributed by atoms with E-state index in [1.54, 1.807) is 23.5 Å². The highest BCUT2D eigenvalue weighted by atomic mass is 32.2. The Balaban J connectivity index is 0.00000324. The van der Waals surface area contributed by atoms with E-state index in [1.165, 1.54) is 0 Å². The van der Waals surface area contributed by atoms with Crippen molar-refractivity contribution < 1.29 is 24.0 Å². The number of piperidine rings is 1. The highest BCUT2D eigenvalue weighted by Gasteiger charge is 2.24. The first-order valence-corrected chi connectivity index (χ1v) is 12.5. The Kier molecular flexibility index (Phi) is 9.12. The molecule has 2 aromatic carbocycles. The summed E-state index contributed by atoms with van der Waals surface area (Å²) in [6.07, 6.45) is 6.41. The third-order valence-electron chi connectivity index (χ3n) is 5.65. The van der Waals surface area contributed by atoms with E-state index in [0.29, 0.717) is 38.1 Å². The molecule has 1 unspecified atom stereocenters. The van der Waals surface area contributed by atoms with E-state index >= 15 is 0 Å². The minimum absolute atomic E-state index is 0. The van der Waals surface area contributed by atoms with Gasteiger partial charge in [0, 0.05) is 40.6 Å². The van der Waals surface area contributed by atoms with E-state index in [9.17, 15) is 9.00 Å². The number of benzene rings is 2. The first-order valence-electron chi connectivity index (χ1n) is 10.9. The van der Waals surface area contributed by atoms with Crippen LogP contribution in [0.1, 0.15) is 18.4 Å². The molecule has 0 radical (unpaired) electrons. The Labute approximate surface area is 201 Å². The van der Waals surface area contributed by atoms with Gasteiger partial charge in [0.15, 0.2) is 0 Å². The first kappa shape index (κ1) is 25.3. The summed E-state index contributed by atoms with van der Waals surface area (Å²) < 4.78 is 22.8. The van der Waals surface area contributed by atoms with Gasteiger partial charge in [0.25, 0.3) is 0 Å². The molecule has 0 bridgehead atoms. The fraction of sp³-hybridized carbons (Fsp3) is 0.320. The van der Waals surface area contributed by atoms with Gasteiger partial charge in [-0.15, -0.1) is 0 Å². The number of rotatable bonds is 7. The molecular weight excluding hydrogens is 454 g/mol. The lowest BCUT2D eigenvalue weighted by Gasteiger charge is -2.31. The van der Waals surface area contributed by atoms with Crippen molar-refractivity contribution in [1.82, 2.24) is 14.9 Å². The van der Waals surface area contributed by atoms with Gasteiger partial charge in [-0.2, -0.15) is 0 Å². The quantitative estimate of drug-likeness (QED) is 0.508. The standard InChI is InChI=1S/C25H27N3O4S.H2O/c1-33(30)22-9-7-21(8-10-22)23-15-27-24(16-26-23)31-17-20-11-13-28(14-12-20)25(29)32-18-19-5-3-2-4-6-19;/h2-10,15-16,20H,11-14,17-18H2,1H3;1H2. The Morgan fingerprint density at radius 3 is 2.35 bits per heavy atom. The van der Waals surface area contributed by atoms with Crippen LogP contribution in [-0.4, -0.2) is 56.6 Å². The predicted molar refractivity (Wildman–Crippen MR) is 130 cm³/mol. The molecule has 4 rings (SSSR count). The third-order valence-corrected chi connectivity index (χ3v) is 6.59. The molecular formula is C25H29N3O5S. The van der Waals surface area contributed by atoms with Gasteiger partial charge >= 0.3 is 6.09 Å². The number of amides is 1. The third kappa shape index (κ3) is 6.85. The number of nitrogens with zero attached hydrogens (tertiary/aromatic N) is 3. The van der Waals surface area contributed by atoms with Crippen LogP contribution in [0.2, 0.25) is 0 Å². The molecule has 1 atom stereocenters. The van der Waals surface area contributed by atoms with Crippen molar-refractivity contribution >= 4 is 16.9 Å². The van der Waals surface area contributed by atoms with E-state index in [1.807, 2.05) is 54.6 Å². The SMILES string of the molecule is CS(=O)c1ccc(-c2cnc(OCC3CCN(C(=O)OCc4ccccc4)CC3)cn2)cc1.O. The highest BCUT2D eigenvalue weighted by Crippen LogP contribution is 2.21. The lowest BCUT2D eigenvalue weighted by atomic mass is 9.98. The second-order valence-corrected chi connectivity index (χ2v) is 9.38. The minimum atomic E-state index is -1.00. The lowest BCUT2D eigenvalue weighted by molar-refractivity contribution is 0.0757. The normalized spacial score (nSPS) is 14.7. The van der Waals surface area contributed by atoms with Crippen molar-refractivity contribution in [1.29, 1.82) is 0 Å². The fourth-order valence-electron chi connectivity index (χ4n) is 3.65. The van der Waals surface area contributed by atoms with Gasteiger partial charge in [-0.1, -0.05) is 42.5 Å². The summed E-state index contributed by atoms with van der Waals surface area (Å²) >= 11 is 0. The number of aromatic nitrogens is 2. The van der Waals surface area contributed by atoms with E-state index in [2.05, 4.69) is 9.97 Å². The van der Waals surface area contributed by atoms with E-state index in [0.717, 1.165) is 34.6 Å². The molecule has 0 saturated carbocycles. The molecule has 0 spiro atoms. The highest BCUT2D eigenvalue weighted by molar-refractivity contribution is 7.84. The molecule has 180 valence electrons. The zero-order chi connectivity index (χ0) is 23.0. The minimum Gasteiger partial charge on any atom is -0.476 e. The Bertz CT molecular complexity index is 1070. The molecule has 1 amide bonds. The summed E-state index contributed by atoms with van der Waals surface area (Å²) in [4.78, 5) is 23.6. The van der Waals surface area contributed by atoms with Gasteiger partial charge in [-0.3, -0.25) is 4.21 Å². The van der Waals surface area contributed by atoms with Crippen LogP contribution in [0.4, 0.5) is 4.79 Å². The van der Waals surface area contributed by atoms with Crippen LogP contribution in [0.25, 0.3) is 11.3 Å². The zero-order valence-electron chi connectivity index (χ0n) is 19.1. The van der Waals surface area contributed by atoms with Crippen LogP contribution in [0.3, 0.4) is 0 Å². The van der Waals surface area contributed by atoms with Crippen LogP contribution in [0.5, 0.6) is 5.88 Å². The summed E-state index contributed by atoms with van der Waals surface area (Å²) in [5.74, 6) is 0.835. The molecule has 1 aromatic heterocycles. The van der Waals surface area contributed by atoms with Crippen LogP contribution in [0, 0.1) is 5.92 Å². The van der Waals surface area contributed by atoms with Crippen molar-refractivity contribution in [2.45, 2.75) is 24.3 Å². The van der Waals surface area contributed by atoms with Crippen LogP contribution in [0.15, 0.2) is 71.9 Å². The number of likely N-dealkylation sites (tertiary alicyclic amines) is 1. The number of carbonyl (C=O) groups is 1. The Morgan fingerprint density at radius 2 is 1.74 bits per heavy atom. The molecule has 3 aromatic rings. The summed E-state index contributed by atoms with van der Waals surface area (Å²) in [5, 5.41) is 0. The molecule has 2 heterocycles.